The number of hydrogen-bond acceptors (Lipinski definition) is 6. The van der Waals surface area contributed by atoms with E-state index in [0.29, 0.717) is 21.7 Å². The van der Waals surface area contributed by atoms with Gasteiger partial charge in [0.2, 0.25) is 11.7 Å². The van der Waals surface area contributed by atoms with E-state index in [0.717, 1.165) is 43.1 Å². The summed E-state index contributed by atoms with van der Waals surface area (Å²) in [5.74, 6) is -0.0647. The molecule has 0 spiro atoms. The zero-order valence-electron chi connectivity index (χ0n) is 18.0. The molecule has 2 N–H and O–H groups in total. The molecule has 4 aromatic rings. The number of hydrogen-bond donors (Lipinski definition) is 2. The number of ketones is 1. The quantitative estimate of drug-likeness (QED) is 0.418. The number of fused-ring (bicyclic) bond motifs is 1. The molecular weight excluding hydrogens is 442 g/mol. The largest absolute Gasteiger partial charge is 0.495 e. The first-order chi connectivity index (χ1) is 16.0. The van der Waals surface area contributed by atoms with Gasteiger partial charge in [-0.2, -0.15) is 0 Å². The molecular formula is C25H22ClN3O4. The number of anilines is 1. The van der Waals surface area contributed by atoms with Crippen LogP contribution in [0.2, 0.25) is 5.02 Å². The summed E-state index contributed by atoms with van der Waals surface area (Å²) >= 11 is 6.58. The Kier molecular flexibility index (Phi) is 5.66. The van der Waals surface area contributed by atoms with Crippen molar-refractivity contribution >= 4 is 34.0 Å². The van der Waals surface area contributed by atoms with Crippen LogP contribution in [0.5, 0.6) is 11.6 Å². The van der Waals surface area contributed by atoms with Gasteiger partial charge >= 0.3 is 0 Å². The number of H-pyrrole nitrogens is 1. The van der Waals surface area contributed by atoms with Crippen molar-refractivity contribution in [1.29, 1.82) is 0 Å². The van der Waals surface area contributed by atoms with Crippen LogP contribution in [0.4, 0.5) is 5.69 Å². The van der Waals surface area contributed by atoms with Gasteiger partial charge in [-0.15, -0.1) is 0 Å². The SMILES string of the molecule is COc1ccc(C(=O)c2c(O)[nH]c3cc(Cl)c(-c4ccc(N5CCOCC5)cc4)cc23)nc1. The van der Waals surface area contributed by atoms with Crippen LogP contribution in [-0.4, -0.2) is 54.3 Å². The first-order valence-corrected chi connectivity index (χ1v) is 10.9. The normalized spacial score (nSPS) is 13.9. The molecule has 0 atom stereocenters. The van der Waals surface area contributed by atoms with Gasteiger partial charge in [-0.1, -0.05) is 23.7 Å². The Hall–Kier alpha value is -3.55. The van der Waals surface area contributed by atoms with Gasteiger partial charge in [-0.05, 0) is 42.0 Å². The number of halogens is 1. The molecule has 0 saturated carbocycles. The van der Waals surface area contributed by atoms with E-state index < -0.39 is 5.78 Å². The van der Waals surface area contributed by atoms with E-state index in [2.05, 4.69) is 27.0 Å². The number of morpholine rings is 1. The number of rotatable bonds is 5. The van der Waals surface area contributed by atoms with Crippen LogP contribution in [0.3, 0.4) is 0 Å². The van der Waals surface area contributed by atoms with Crippen molar-refractivity contribution in [2.75, 3.05) is 38.3 Å². The molecule has 33 heavy (non-hydrogen) atoms. The minimum Gasteiger partial charge on any atom is -0.495 e. The number of methoxy groups -OCH3 is 1. The summed E-state index contributed by atoms with van der Waals surface area (Å²) in [6.07, 6.45) is 1.47. The number of pyridine rings is 1. The molecule has 1 aliphatic heterocycles. The number of benzene rings is 2. The lowest BCUT2D eigenvalue weighted by molar-refractivity contribution is 0.103. The summed E-state index contributed by atoms with van der Waals surface area (Å²) in [6.45, 7) is 3.17. The van der Waals surface area contributed by atoms with Crippen LogP contribution in [0.15, 0.2) is 54.7 Å². The first-order valence-electron chi connectivity index (χ1n) is 10.6. The number of carbonyl (C=O) groups excluding carboxylic acids is 1. The molecule has 2 aromatic heterocycles. The highest BCUT2D eigenvalue weighted by atomic mass is 35.5. The third-order valence-corrected chi connectivity index (χ3v) is 6.17. The van der Waals surface area contributed by atoms with Crippen LogP contribution in [0.25, 0.3) is 22.0 Å². The van der Waals surface area contributed by atoms with E-state index in [4.69, 9.17) is 21.1 Å². The lowest BCUT2D eigenvalue weighted by Crippen LogP contribution is -2.36. The van der Waals surface area contributed by atoms with Gasteiger partial charge in [0.25, 0.3) is 0 Å². The fourth-order valence-electron chi connectivity index (χ4n) is 4.09. The smallest absolute Gasteiger partial charge is 0.217 e. The molecule has 1 saturated heterocycles. The van der Waals surface area contributed by atoms with Crippen LogP contribution in [0, 0.1) is 0 Å². The number of aromatic hydroxyl groups is 1. The summed E-state index contributed by atoms with van der Waals surface area (Å²) in [4.78, 5) is 22.5. The summed E-state index contributed by atoms with van der Waals surface area (Å²) in [5, 5.41) is 11.6. The predicted molar refractivity (Wildman–Crippen MR) is 128 cm³/mol. The summed E-state index contributed by atoms with van der Waals surface area (Å²) < 4.78 is 10.5. The fraction of sp³-hybridized carbons (Fsp3) is 0.200. The molecule has 3 heterocycles. The second-order valence-corrected chi connectivity index (χ2v) is 8.19. The zero-order chi connectivity index (χ0) is 22.9. The van der Waals surface area contributed by atoms with E-state index in [1.54, 1.807) is 18.2 Å². The van der Waals surface area contributed by atoms with Crippen LogP contribution in [0.1, 0.15) is 16.1 Å². The molecule has 0 radical (unpaired) electrons. The monoisotopic (exact) mass is 463 g/mol. The predicted octanol–water partition coefficient (Wildman–Crippen LogP) is 4.67. The Labute approximate surface area is 195 Å². The highest BCUT2D eigenvalue weighted by Crippen LogP contribution is 2.37. The third-order valence-electron chi connectivity index (χ3n) is 5.85. The van der Waals surface area contributed by atoms with Crippen LogP contribution in [-0.2, 0) is 4.74 Å². The Morgan fingerprint density at radius 2 is 1.91 bits per heavy atom. The van der Waals surface area contributed by atoms with Crippen LogP contribution >= 0.6 is 11.6 Å². The minimum atomic E-state index is -0.391. The number of ether oxygens (including phenoxy) is 2. The molecule has 0 bridgehead atoms. The van der Waals surface area contributed by atoms with Crippen molar-refractivity contribution < 1.29 is 19.4 Å². The highest BCUT2D eigenvalue weighted by Gasteiger charge is 2.22. The molecule has 0 aliphatic carbocycles. The van der Waals surface area contributed by atoms with Gasteiger partial charge in [-0.25, -0.2) is 4.98 Å². The molecule has 1 aliphatic rings. The fourth-order valence-corrected chi connectivity index (χ4v) is 4.36. The Morgan fingerprint density at radius 3 is 2.58 bits per heavy atom. The molecule has 7 nitrogen and oxygen atoms in total. The second kappa shape index (κ2) is 8.77. The lowest BCUT2D eigenvalue weighted by atomic mass is 9.99. The van der Waals surface area contributed by atoms with Crippen molar-refractivity contribution in [1.82, 2.24) is 9.97 Å². The maximum atomic E-state index is 13.2. The van der Waals surface area contributed by atoms with Gasteiger partial charge in [-0.3, -0.25) is 4.79 Å². The van der Waals surface area contributed by atoms with Crippen molar-refractivity contribution in [2.24, 2.45) is 0 Å². The Morgan fingerprint density at radius 1 is 1.15 bits per heavy atom. The Balaban J connectivity index is 1.53. The number of nitrogens with one attached hydrogen (secondary N) is 1. The summed E-state index contributed by atoms with van der Waals surface area (Å²) in [7, 11) is 1.53. The van der Waals surface area contributed by atoms with Gasteiger partial charge in [0.1, 0.15) is 11.4 Å². The molecule has 2 aromatic carbocycles. The van der Waals surface area contributed by atoms with Gasteiger partial charge in [0.15, 0.2) is 0 Å². The van der Waals surface area contributed by atoms with E-state index >= 15 is 0 Å². The summed E-state index contributed by atoms with van der Waals surface area (Å²) in [6, 6.07) is 14.9. The minimum absolute atomic E-state index is 0.158. The first kappa shape index (κ1) is 21.3. The van der Waals surface area contributed by atoms with E-state index in [1.165, 1.54) is 13.3 Å². The molecule has 5 rings (SSSR count). The number of carbonyl (C=O) groups is 1. The van der Waals surface area contributed by atoms with Crippen molar-refractivity contribution in [3.8, 4) is 22.8 Å². The molecule has 8 heteroatoms. The highest BCUT2D eigenvalue weighted by molar-refractivity contribution is 6.34. The standard InChI is InChI=1S/C25H22ClN3O4/c1-32-17-6-7-21(27-14-17)24(30)23-19-12-18(20(26)13-22(19)28-25(23)31)15-2-4-16(5-3-15)29-8-10-33-11-9-29/h2-7,12-14,28,31H,8-11H2,1H3. The lowest BCUT2D eigenvalue weighted by Gasteiger charge is -2.29. The average Bonchev–Trinajstić information content (AvgIpc) is 3.18. The molecule has 0 amide bonds. The maximum Gasteiger partial charge on any atom is 0.217 e. The third kappa shape index (κ3) is 4.01. The van der Waals surface area contributed by atoms with Gasteiger partial charge in [0.05, 0.1) is 42.6 Å². The molecule has 1 fully saturated rings. The maximum absolute atomic E-state index is 13.2. The van der Waals surface area contributed by atoms with Gasteiger partial charge in [0, 0.05) is 29.7 Å². The second-order valence-electron chi connectivity index (χ2n) is 7.78. The zero-order valence-corrected chi connectivity index (χ0v) is 18.7. The number of aromatic nitrogens is 2. The van der Waals surface area contributed by atoms with Crippen molar-refractivity contribution in [2.45, 2.75) is 0 Å². The summed E-state index contributed by atoms with van der Waals surface area (Å²) in [5.41, 5.74) is 3.75. The van der Waals surface area contributed by atoms with E-state index in [1.807, 2.05) is 18.2 Å². The number of aromatic amines is 1. The van der Waals surface area contributed by atoms with Crippen molar-refractivity contribution in [3.63, 3.8) is 0 Å². The van der Waals surface area contributed by atoms with Crippen LogP contribution < -0.4 is 9.64 Å². The number of nitrogens with zero attached hydrogens (tertiary/aromatic N) is 2. The van der Waals surface area contributed by atoms with Gasteiger partial charge < -0.3 is 24.5 Å². The molecule has 0 unspecified atom stereocenters. The Bertz CT molecular complexity index is 1310. The van der Waals surface area contributed by atoms with Crippen molar-refractivity contribution in [3.05, 3.63) is 71.0 Å². The van der Waals surface area contributed by atoms with E-state index in [9.17, 15) is 9.90 Å². The molecule has 168 valence electrons. The topological polar surface area (TPSA) is 87.7 Å². The average molecular weight is 464 g/mol. The van der Waals surface area contributed by atoms with E-state index in [-0.39, 0.29) is 17.1 Å².